The van der Waals surface area contributed by atoms with E-state index >= 15 is 0 Å². The number of hydrogen-bond donors (Lipinski definition) is 2. The number of carbonyl (C=O) groups is 2. The number of benzene rings is 2. The van der Waals surface area contributed by atoms with Gasteiger partial charge in [0.05, 0.1) is 13.2 Å². The number of aliphatic hydroxyl groups is 1. The van der Waals surface area contributed by atoms with Gasteiger partial charge >= 0.3 is 0 Å². The van der Waals surface area contributed by atoms with Crippen LogP contribution in [0.4, 0.5) is 0 Å². The van der Waals surface area contributed by atoms with Crippen LogP contribution in [0.15, 0.2) is 54.6 Å². The third-order valence-electron chi connectivity index (χ3n) is 5.88. The lowest BCUT2D eigenvalue weighted by Crippen LogP contribution is -2.36. The molecule has 2 aromatic carbocycles. The van der Waals surface area contributed by atoms with Crippen molar-refractivity contribution in [2.75, 3.05) is 32.9 Å². The molecule has 6 nitrogen and oxygen atoms in total. The van der Waals surface area contributed by atoms with Gasteiger partial charge in [-0.05, 0) is 42.3 Å². The fourth-order valence-corrected chi connectivity index (χ4v) is 3.78. The first-order valence-electron chi connectivity index (χ1n) is 11.6. The van der Waals surface area contributed by atoms with Crippen LogP contribution in [-0.4, -0.2) is 60.5 Å². The van der Waals surface area contributed by atoms with Crippen molar-refractivity contribution in [3.63, 3.8) is 0 Å². The van der Waals surface area contributed by atoms with Gasteiger partial charge in [0.15, 0.2) is 11.6 Å². The average molecular weight is 461 g/mol. The molecular weight excluding hydrogens is 428 g/mol. The maximum Gasteiger partial charge on any atom is 0.163 e. The van der Waals surface area contributed by atoms with E-state index in [1.807, 2.05) is 30.3 Å². The highest BCUT2D eigenvalue weighted by atomic mass is 16.5. The molecule has 2 aromatic rings. The molecule has 1 heterocycles. The second-order valence-corrected chi connectivity index (χ2v) is 8.53. The Morgan fingerprint density at radius 2 is 1.79 bits per heavy atom. The van der Waals surface area contributed by atoms with Gasteiger partial charge in [0, 0.05) is 49.1 Å². The molecule has 1 saturated heterocycles. The zero-order valence-corrected chi connectivity index (χ0v) is 19.6. The largest absolute Gasteiger partial charge is 0.389 e. The number of ether oxygens (including phenoxy) is 1. The third-order valence-corrected chi connectivity index (χ3v) is 5.88. The topological polar surface area (TPSA) is 92.9 Å². The van der Waals surface area contributed by atoms with Gasteiger partial charge in [-0.2, -0.15) is 0 Å². The van der Waals surface area contributed by atoms with Crippen molar-refractivity contribution in [1.82, 2.24) is 4.90 Å². The minimum atomic E-state index is -0.680. The second-order valence-electron chi connectivity index (χ2n) is 8.53. The minimum Gasteiger partial charge on any atom is -0.389 e. The van der Waals surface area contributed by atoms with E-state index in [0.717, 1.165) is 44.0 Å². The number of Topliss-reactive ketones (excluding diaryl/α,β-unsaturated/α-hetero) is 2. The monoisotopic (exact) mass is 460 g/mol. The number of carbonyl (C=O) groups excluding carboxylic acids is 2. The summed E-state index contributed by atoms with van der Waals surface area (Å²) in [6.07, 6.45) is 3.65. The molecular formula is C28H32N2O4. The van der Waals surface area contributed by atoms with Crippen molar-refractivity contribution in [3.05, 3.63) is 76.9 Å². The molecule has 3 N–H and O–H groups in total. The van der Waals surface area contributed by atoms with E-state index in [1.54, 1.807) is 25.1 Å². The maximum absolute atomic E-state index is 12.5. The molecule has 0 spiro atoms. The molecule has 2 atom stereocenters. The van der Waals surface area contributed by atoms with E-state index in [4.69, 9.17) is 15.6 Å². The van der Waals surface area contributed by atoms with Crippen molar-refractivity contribution in [2.45, 2.75) is 25.9 Å². The van der Waals surface area contributed by atoms with Crippen molar-refractivity contribution in [1.29, 1.82) is 0 Å². The summed E-state index contributed by atoms with van der Waals surface area (Å²) in [4.78, 5) is 26.7. The van der Waals surface area contributed by atoms with Crippen LogP contribution in [0.5, 0.6) is 0 Å². The van der Waals surface area contributed by atoms with E-state index < -0.39 is 24.3 Å². The van der Waals surface area contributed by atoms with Crippen molar-refractivity contribution in [3.8, 4) is 11.8 Å². The Kier molecular flexibility index (Phi) is 9.75. The van der Waals surface area contributed by atoms with E-state index in [2.05, 4.69) is 28.9 Å². The first kappa shape index (κ1) is 25.5. The van der Waals surface area contributed by atoms with Crippen LogP contribution in [-0.2, 0) is 16.1 Å². The number of morpholine rings is 1. The minimum absolute atomic E-state index is 0.0110. The number of aliphatic hydroxyl groups excluding tert-OH is 1. The van der Waals surface area contributed by atoms with Gasteiger partial charge < -0.3 is 15.6 Å². The third kappa shape index (κ3) is 7.75. The van der Waals surface area contributed by atoms with E-state index in [1.165, 1.54) is 5.56 Å². The molecule has 0 unspecified atom stereocenters. The van der Waals surface area contributed by atoms with Crippen molar-refractivity contribution < 1.29 is 19.4 Å². The summed E-state index contributed by atoms with van der Waals surface area (Å²) in [5.74, 6) is 4.92. The van der Waals surface area contributed by atoms with E-state index in [-0.39, 0.29) is 12.2 Å². The van der Waals surface area contributed by atoms with Crippen LogP contribution in [0.25, 0.3) is 6.08 Å². The quantitative estimate of drug-likeness (QED) is 0.442. The van der Waals surface area contributed by atoms with Gasteiger partial charge in [0.2, 0.25) is 0 Å². The van der Waals surface area contributed by atoms with Gasteiger partial charge in [0.25, 0.3) is 0 Å². The fraction of sp³-hybridized carbons (Fsp3) is 0.357. The fourth-order valence-electron chi connectivity index (χ4n) is 3.78. The number of allylic oxidation sites excluding steroid dienone is 1. The van der Waals surface area contributed by atoms with Crippen LogP contribution in [0.3, 0.4) is 0 Å². The molecule has 0 saturated carbocycles. The second kappa shape index (κ2) is 13.0. The Morgan fingerprint density at radius 1 is 1.12 bits per heavy atom. The summed E-state index contributed by atoms with van der Waals surface area (Å²) in [5, 5.41) is 9.08. The average Bonchev–Trinajstić information content (AvgIpc) is 2.86. The predicted octanol–water partition coefficient (Wildman–Crippen LogP) is 2.68. The highest BCUT2D eigenvalue weighted by Crippen LogP contribution is 2.15. The Bertz CT molecular complexity index is 1040. The van der Waals surface area contributed by atoms with Gasteiger partial charge in [0.1, 0.15) is 6.61 Å². The molecule has 34 heavy (non-hydrogen) atoms. The molecule has 0 bridgehead atoms. The molecule has 3 rings (SSSR count). The lowest BCUT2D eigenvalue weighted by Gasteiger charge is -2.26. The lowest BCUT2D eigenvalue weighted by atomic mass is 9.89. The van der Waals surface area contributed by atoms with Gasteiger partial charge in [-0.1, -0.05) is 48.2 Å². The molecule has 0 aliphatic carbocycles. The summed E-state index contributed by atoms with van der Waals surface area (Å²) in [7, 11) is 0. The smallest absolute Gasteiger partial charge is 0.163 e. The van der Waals surface area contributed by atoms with E-state index in [9.17, 15) is 9.59 Å². The summed E-state index contributed by atoms with van der Waals surface area (Å²) in [6, 6.07) is 14.9. The number of ketones is 2. The Morgan fingerprint density at radius 3 is 2.41 bits per heavy atom. The van der Waals surface area contributed by atoms with Crippen molar-refractivity contribution in [2.24, 2.45) is 11.7 Å². The number of nitrogens with zero attached hydrogens (tertiary/aromatic N) is 1. The highest BCUT2D eigenvalue weighted by molar-refractivity contribution is 5.99. The molecule has 1 aliphatic rings. The normalized spacial score (nSPS) is 16.0. The first-order valence-corrected chi connectivity index (χ1v) is 11.6. The maximum atomic E-state index is 12.5. The molecule has 1 fully saturated rings. The van der Waals surface area contributed by atoms with Crippen molar-refractivity contribution >= 4 is 17.6 Å². The predicted molar refractivity (Wildman–Crippen MR) is 133 cm³/mol. The number of nitrogens with two attached hydrogens (primary N) is 1. The molecule has 0 aromatic heterocycles. The highest BCUT2D eigenvalue weighted by Gasteiger charge is 2.25. The first-order chi connectivity index (χ1) is 16.5. The van der Waals surface area contributed by atoms with Gasteiger partial charge in [-0.3, -0.25) is 14.5 Å². The zero-order valence-electron chi connectivity index (χ0n) is 19.6. The Labute approximate surface area is 201 Å². The number of rotatable bonds is 9. The lowest BCUT2D eigenvalue weighted by molar-refractivity contribution is -0.126. The SMILES string of the molecule is C[C@@H](N)[C@H](CC(=O)c1ccc(/C=C/C#Cc2ccc(CN3CCOCC3)cc2)cc1)C(=O)CO. The van der Waals surface area contributed by atoms with Gasteiger partial charge in [-0.15, -0.1) is 0 Å². The number of hydrogen-bond acceptors (Lipinski definition) is 6. The van der Waals surface area contributed by atoms with Crippen LogP contribution < -0.4 is 5.73 Å². The van der Waals surface area contributed by atoms with Gasteiger partial charge in [-0.25, -0.2) is 0 Å². The molecule has 0 amide bonds. The molecule has 1 aliphatic heterocycles. The molecule has 6 heteroatoms. The Hall–Kier alpha value is -3.08. The standard InChI is InChI=1S/C28H32N2O4/c1-21(29)26(28(33)20-31)18-27(32)25-12-10-23(11-13-25)5-3-2-4-22-6-8-24(9-7-22)19-30-14-16-34-17-15-30/h3,5-13,21,26,31H,14-20,29H2,1H3/b5-3+/t21-,26+/m1/s1. The molecule has 0 radical (unpaired) electrons. The van der Waals surface area contributed by atoms with E-state index in [0.29, 0.717) is 5.56 Å². The molecule has 178 valence electrons. The summed E-state index contributed by atoms with van der Waals surface area (Å²) in [6.45, 7) is 5.53. The summed E-state index contributed by atoms with van der Waals surface area (Å²) >= 11 is 0. The summed E-state index contributed by atoms with van der Waals surface area (Å²) < 4.78 is 5.39. The zero-order chi connectivity index (χ0) is 24.3. The van der Waals surface area contributed by atoms with Crippen LogP contribution >= 0.6 is 0 Å². The van der Waals surface area contributed by atoms with Crippen LogP contribution in [0.1, 0.15) is 40.4 Å². The van der Waals surface area contributed by atoms with Crippen LogP contribution in [0, 0.1) is 17.8 Å². The summed E-state index contributed by atoms with van der Waals surface area (Å²) in [5.41, 5.74) is 9.46. The Balaban J connectivity index is 1.52. The van der Waals surface area contributed by atoms with Crippen LogP contribution in [0.2, 0.25) is 0 Å².